The predicted molar refractivity (Wildman–Crippen MR) is 109 cm³/mol. The molecule has 0 amide bonds. The molecule has 0 aliphatic carbocycles. The van der Waals surface area contributed by atoms with Crippen LogP contribution in [0.25, 0.3) is 6.08 Å². The Balaban J connectivity index is 2.58. The van der Waals surface area contributed by atoms with Crippen LogP contribution >= 0.6 is 0 Å². The molecule has 0 aliphatic rings. The Morgan fingerprint density at radius 1 is 1.07 bits per heavy atom. The van der Waals surface area contributed by atoms with Gasteiger partial charge in [0.05, 0.1) is 13.2 Å². The van der Waals surface area contributed by atoms with E-state index >= 15 is 0 Å². The van der Waals surface area contributed by atoms with Crippen LogP contribution < -0.4 is 9.47 Å². The van der Waals surface area contributed by atoms with Gasteiger partial charge in [0, 0.05) is 11.1 Å². The number of carbonyl (C=O) groups excluding carboxylic acids is 1. The summed E-state index contributed by atoms with van der Waals surface area (Å²) in [5.74, 6) is 0.665. The average Bonchev–Trinajstić information content (AvgIpc) is 2.63. The van der Waals surface area contributed by atoms with Gasteiger partial charge >= 0.3 is 0 Å². The molecule has 4 heteroatoms. The molecular weight excluding hydrogens is 340 g/mol. The highest BCUT2D eigenvalue weighted by molar-refractivity contribution is 6.06. The number of phenols is 1. The van der Waals surface area contributed by atoms with Gasteiger partial charge in [-0.2, -0.15) is 0 Å². The second kappa shape index (κ2) is 8.76. The molecule has 0 radical (unpaired) electrons. The summed E-state index contributed by atoms with van der Waals surface area (Å²) in [6.45, 7) is 10.7. The number of phenolic OH excluding ortho intramolecular Hbond substituents is 1. The number of benzene rings is 2. The van der Waals surface area contributed by atoms with Crippen LogP contribution in [0.4, 0.5) is 0 Å². The smallest absolute Gasteiger partial charge is 0.201 e. The van der Waals surface area contributed by atoms with E-state index in [1.807, 2.05) is 52.8 Å². The van der Waals surface area contributed by atoms with Crippen molar-refractivity contribution in [2.75, 3.05) is 13.2 Å². The molecule has 27 heavy (non-hydrogen) atoms. The molecule has 0 aromatic heterocycles. The maximum Gasteiger partial charge on any atom is 0.201 e. The third-order valence-electron chi connectivity index (χ3n) is 4.06. The van der Waals surface area contributed by atoms with E-state index in [1.165, 1.54) is 0 Å². The lowest BCUT2D eigenvalue weighted by Gasteiger charge is -2.27. The van der Waals surface area contributed by atoms with Gasteiger partial charge in [0.2, 0.25) is 5.75 Å². The van der Waals surface area contributed by atoms with Crippen molar-refractivity contribution >= 4 is 11.9 Å². The number of rotatable bonds is 7. The standard InChI is InChI=1S/C23H28O4/c1-6-26-19-15-17(13-14-18(24)16-11-9-8-10-12-16)20(23(3,4)5)22(21(19)25)27-7-2/h8-15,25H,6-7H2,1-5H3/b14-13+. The van der Waals surface area contributed by atoms with E-state index in [4.69, 9.17) is 9.47 Å². The highest BCUT2D eigenvalue weighted by Crippen LogP contribution is 2.46. The van der Waals surface area contributed by atoms with Crippen LogP contribution in [0.3, 0.4) is 0 Å². The number of ketones is 1. The van der Waals surface area contributed by atoms with Crippen LogP contribution in [-0.2, 0) is 5.41 Å². The summed E-state index contributed by atoms with van der Waals surface area (Å²) in [7, 11) is 0. The van der Waals surface area contributed by atoms with Crippen LogP contribution in [0, 0.1) is 0 Å². The summed E-state index contributed by atoms with van der Waals surface area (Å²) >= 11 is 0. The number of hydrogen-bond donors (Lipinski definition) is 1. The fraction of sp³-hybridized carbons (Fsp3) is 0.348. The molecule has 0 aliphatic heterocycles. The number of carbonyl (C=O) groups is 1. The first kappa shape index (κ1) is 20.6. The van der Waals surface area contributed by atoms with Crippen molar-refractivity contribution in [3.8, 4) is 17.2 Å². The summed E-state index contributed by atoms with van der Waals surface area (Å²) in [5.41, 5.74) is 1.95. The van der Waals surface area contributed by atoms with Crippen LogP contribution in [0.5, 0.6) is 17.2 Å². The van der Waals surface area contributed by atoms with Crippen molar-refractivity contribution < 1.29 is 19.4 Å². The fourth-order valence-corrected chi connectivity index (χ4v) is 2.96. The van der Waals surface area contributed by atoms with Crippen molar-refractivity contribution in [2.24, 2.45) is 0 Å². The molecular formula is C23H28O4. The Labute approximate surface area is 161 Å². The largest absolute Gasteiger partial charge is 0.502 e. The molecule has 0 bridgehead atoms. The lowest BCUT2D eigenvalue weighted by atomic mass is 9.82. The van der Waals surface area contributed by atoms with Crippen molar-refractivity contribution in [3.63, 3.8) is 0 Å². The van der Waals surface area contributed by atoms with E-state index in [9.17, 15) is 9.90 Å². The summed E-state index contributed by atoms with van der Waals surface area (Å²) in [5, 5.41) is 10.6. The van der Waals surface area contributed by atoms with Crippen molar-refractivity contribution in [3.05, 3.63) is 59.2 Å². The van der Waals surface area contributed by atoms with Gasteiger partial charge < -0.3 is 14.6 Å². The van der Waals surface area contributed by atoms with Gasteiger partial charge in [-0.3, -0.25) is 4.79 Å². The number of hydrogen-bond acceptors (Lipinski definition) is 4. The lowest BCUT2D eigenvalue weighted by molar-refractivity contribution is 0.104. The zero-order chi connectivity index (χ0) is 20.0. The molecule has 0 fully saturated rings. The summed E-state index contributed by atoms with van der Waals surface area (Å²) in [4.78, 5) is 12.5. The van der Waals surface area contributed by atoms with E-state index in [1.54, 1.807) is 30.4 Å². The minimum atomic E-state index is -0.303. The maximum absolute atomic E-state index is 12.5. The molecule has 0 unspecified atom stereocenters. The minimum absolute atomic E-state index is 0.00448. The van der Waals surface area contributed by atoms with Gasteiger partial charge in [-0.05, 0) is 37.0 Å². The van der Waals surface area contributed by atoms with Gasteiger partial charge in [0.25, 0.3) is 0 Å². The number of allylic oxidation sites excluding steroid dienone is 1. The third-order valence-corrected chi connectivity index (χ3v) is 4.06. The summed E-state index contributed by atoms with van der Waals surface area (Å²) < 4.78 is 11.3. The molecule has 0 saturated carbocycles. The third kappa shape index (κ3) is 4.91. The quantitative estimate of drug-likeness (QED) is 0.526. The molecule has 144 valence electrons. The molecule has 0 heterocycles. The van der Waals surface area contributed by atoms with Gasteiger partial charge in [0.1, 0.15) is 0 Å². The van der Waals surface area contributed by atoms with Gasteiger partial charge in [-0.1, -0.05) is 57.2 Å². The Morgan fingerprint density at radius 2 is 1.70 bits per heavy atom. The zero-order valence-electron chi connectivity index (χ0n) is 16.7. The lowest BCUT2D eigenvalue weighted by Crippen LogP contribution is -2.16. The highest BCUT2D eigenvalue weighted by Gasteiger charge is 2.27. The zero-order valence-corrected chi connectivity index (χ0v) is 16.7. The van der Waals surface area contributed by atoms with Crippen LogP contribution in [0.1, 0.15) is 56.1 Å². The predicted octanol–water partition coefficient (Wildman–Crippen LogP) is 5.38. The molecule has 0 atom stereocenters. The van der Waals surface area contributed by atoms with Crippen molar-refractivity contribution in [1.29, 1.82) is 0 Å². The van der Waals surface area contributed by atoms with E-state index in [0.29, 0.717) is 30.3 Å². The first-order valence-corrected chi connectivity index (χ1v) is 9.23. The molecule has 1 N–H and O–H groups in total. The first-order valence-electron chi connectivity index (χ1n) is 9.23. The molecule has 0 saturated heterocycles. The van der Waals surface area contributed by atoms with Crippen LogP contribution in [0.15, 0.2) is 42.5 Å². The van der Waals surface area contributed by atoms with E-state index in [-0.39, 0.29) is 16.9 Å². The Bertz CT molecular complexity index is 815. The maximum atomic E-state index is 12.5. The fourth-order valence-electron chi connectivity index (χ4n) is 2.96. The van der Waals surface area contributed by atoms with E-state index in [0.717, 1.165) is 11.1 Å². The molecule has 0 spiro atoms. The van der Waals surface area contributed by atoms with E-state index in [2.05, 4.69) is 0 Å². The van der Waals surface area contributed by atoms with Gasteiger partial charge in [-0.15, -0.1) is 0 Å². The second-order valence-corrected chi connectivity index (χ2v) is 7.20. The highest BCUT2D eigenvalue weighted by atomic mass is 16.5. The number of aromatic hydroxyl groups is 1. The second-order valence-electron chi connectivity index (χ2n) is 7.20. The summed E-state index contributed by atoms with van der Waals surface area (Å²) in [6, 6.07) is 10.9. The van der Waals surface area contributed by atoms with Gasteiger partial charge in [-0.25, -0.2) is 0 Å². The SMILES string of the molecule is CCOc1cc(/C=C/C(=O)c2ccccc2)c(C(C)(C)C)c(OCC)c1O. The van der Waals surface area contributed by atoms with Crippen molar-refractivity contribution in [1.82, 2.24) is 0 Å². The summed E-state index contributed by atoms with van der Waals surface area (Å²) in [6.07, 6.45) is 3.31. The number of ether oxygens (including phenoxy) is 2. The van der Waals surface area contributed by atoms with Gasteiger partial charge in [0.15, 0.2) is 17.3 Å². The first-order chi connectivity index (χ1) is 12.8. The Hall–Kier alpha value is -2.75. The Kier molecular flexibility index (Phi) is 6.67. The monoisotopic (exact) mass is 368 g/mol. The Morgan fingerprint density at radius 3 is 2.26 bits per heavy atom. The van der Waals surface area contributed by atoms with E-state index < -0.39 is 0 Å². The minimum Gasteiger partial charge on any atom is -0.502 e. The van der Waals surface area contributed by atoms with Crippen LogP contribution in [0.2, 0.25) is 0 Å². The molecule has 2 aromatic rings. The van der Waals surface area contributed by atoms with Crippen molar-refractivity contribution in [2.45, 2.75) is 40.0 Å². The average molecular weight is 368 g/mol. The topological polar surface area (TPSA) is 55.8 Å². The van der Waals surface area contributed by atoms with Crippen LogP contribution in [-0.4, -0.2) is 24.1 Å². The normalized spacial score (nSPS) is 11.6. The molecule has 2 rings (SSSR count). The molecule has 4 nitrogen and oxygen atoms in total. The molecule has 2 aromatic carbocycles.